The maximum atomic E-state index is 11.4. The van der Waals surface area contributed by atoms with Gasteiger partial charge in [-0.1, -0.05) is 31.5 Å². The molecule has 0 bridgehead atoms. The Kier molecular flexibility index (Phi) is 6.83. The summed E-state index contributed by atoms with van der Waals surface area (Å²) in [6, 6.07) is 8.31. The van der Waals surface area contributed by atoms with Crippen LogP contribution in [0, 0.1) is 12.8 Å². The van der Waals surface area contributed by atoms with Crippen LogP contribution >= 0.6 is 11.8 Å². The summed E-state index contributed by atoms with van der Waals surface area (Å²) < 4.78 is 0. The molecular weight excluding hydrogens is 246 g/mol. The number of benzene rings is 1. The van der Waals surface area contributed by atoms with Crippen molar-refractivity contribution in [1.82, 2.24) is 5.48 Å². The number of nitrogens with one attached hydrogen (secondary N) is 1. The van der Waals surface area contributed by atoms with Gasteiger partial charge >= 0.3 is 0 Å². The Hall–Kier alpha value is -1.00. The SMILES string of the molecule is Cc1ccc(SCCC(=O)NOCC(C)C)cc1. The molecule has 4 heteroatoms. The Morgan fingerprint density at radius 1 is 1.33 bits per heavy atom. The summed E-state index contributed by atoms with van der Waals surface area (Å²) in [6.45, 7) is 6.70. The van der Waals surface area contributed by atoms with E-state index in [1.807, 2.05) is 13.8 Å². The van der Waals surface area contributed by atoms with Crippen LogP contribution in [-0.4, -0.2) is 18.3 Å². The van der Waals surface area contributed by atoms with Crippen LogP contribution in [-0.2, 0) is 9.63 Å². The largest absolute Gasteiger partial charge is 0.273 e. The second-order valence-corrected chi connectivity index (χ2v) is 5.81. The molecule has 18 heavy (non-hydrogen) atoms. The van der Waals surface area contributed by atoms with E-state index in [0.29, 0.717) is 18.9 Å². The Balaban J connectivity index is 2.13. The van der Waals surface area contributed by atoms with Crippen LogP contribution in [0.4, 0.5) is 0 Å². The number of carbonyl (C=O) groups excluding carboxylic acids is 1. The van der Waals surface area contributed by atoms with Crippen LogP contribution in [0.2, 0.25) is 0 Å². The van der Waals surface area contributed by atoms with Crippen LogP contribution in [0.25, 0.3) is 0 Å². The number of aryl methyl sites for hydroxylation is 1. The minimum absolute atomic E-state index is 0.0599. The molecule has 100 valence electrons. The van der Waals surface area contributed by atoms with Gasteiger partial charge in [0.25, 0.3) is 0 Å². The van der Waals surface area contributed by atoms with Gasteiger partial charge in [0.05, 0.1) is 6.61 Å². The van der Waals surface area contributed by atoms with E-state index in [9.17, 15) is 4.79 Å². The average Bonchev–Trinajstić information content (AvgIpc) is 2.31. The van der Waals surface area contributed by atoms with E-state index in [2.05, 4.69) is 36.7 Å². The van der Waals surface area contributed by atoms with Crippen molar-refractivity contribution in [3.05, 3.63) is 29.8 Å². The van der Waals surface area contributed by atoms with E-state index >= 15 is 0 Å². The molecule has 0 aliphatic rings. The monoisotopic (exact) mass is 267 g/mol. The smallest absolute Gasteiger partial charge is 0.244 e. The molecule has 0 radical (unpaired) electrons. The van der Waals surface area contributed by atoms with Crippen molar-refractivity contribution in [3.63, 3.8) is 0 Å². The molecule has 0 aliphatic heterocycles. The lowest BCUT2D eigenvalue weighted by atomic mass is 10.2. The molecule has 1 aromatic carbocycles. The lowest BCUT2D eigenvalue weighted by Crippen LogP contribution is -2.25. The van der Waals surface area contributed by atoms with Crippen molar-refractivity contribution < 1.29 is 9.63 Å². The summed E-state index contributed by atoms with van der Waals surface area (Å²) in [5.41, 5.74) is 3.71. The Morgan fingerprint density at radius 3 is 2.61 bits per heavy atom. The Morgan fingerprint density at radius 2 is 2.00 bits per heavy atom. The van der Waals surface area contributed by atoms with Gasteiger partial charge in [-0.2, -0.15) is 0 Å². The molecule has 0 fully saturated rings. The zero-order chi connectivity index (χ0) is 13.4. The first-order valence-electron chi connectivity index (χ1n) is 6.18. The molecule has 1 aromatic rings. The van der Waals surface area contributed by atoms with E-state index in [1.54, 1.807) is 11.8 Å². The first kappa shape index (κ1) is 15.1. The number of carbonyl (C=O) groups is 1. The van der Waals surface area contributed by atoms with E-state index in [1.165, 1.54) is 10.5 Å². The molecule has 0 unspecified atom stereocenters. The van der Waals surface area contributed by atoms with Crippen molar-refractivity contribution in [3.8, 4) is 0 Å². The third kappa shape index (κ3) is 6.67. The van der Waals surface area contributed by atoms with Crippen molar-refractivity contribution in [2.45, 2.75) is 32.1 Å². The highest BCUT2D eigenvalue weighted by atomic mass is 32.2. The molecule has 0 heterocycles. The van der Waals surface area contributed by atoms with Gasteiger partial charge in [-0.3, -0.25) is 9.63 Å². The fraction of sp³-hybridized carbons (Fsp3) is 0.500. The second kappa shape index (κ2) is 8.16. The molecular formula is C14H21NO2S. The van der Waals surface area contributed by atoms with Crippen LogP contribution in [0.1, 0.15) is 25.8 Å². The standard InChI is InChI=1S/C14H21NO2S/c1-11(2)10-17-15-14(16)8-9-18-13-6-4-12(3)5-7-13/h4-7,11H,8-10H2,1-3H3,(H,15,16). The highest BCUT2D eigenvalue weighted by molar-refractivity contribution is 7.99. The van der Waals surface area contributed by atoms with E-state index in [4.69, 9.17) is 4.84 Å². The number of thioether (sulfide) groups is 1. The second-order valence-electron chi connectivity index (χ2n) is 4.64. The number of hydrogen-bond donors (Lipinski definition) is 1. The van der Waals surface area contributed by atoms with Crippen molar-refractivity contribution in [1.29, 1.82) is 0 Å². The lowest BCUT2D eigenvalue weighted by molar-refractivity contribution is -0.133. The molecule has 1 amide bonds. The quantitative estimate of drug-likeness (QED) is 0.609. The normalized spacial score (nSPS) is 10.7. The molecule has 1 N–H and O–H groups in total. The Labute approximate surface area is 113 Å². The molecule has 0 aliphatic carbocycles. The van der Waals surface area contributed by atoms with Gasteiger partial charge < -0.3 is 0 Å². The summed E-state index contributed by atoms with van der Waals surface area (Å²) in [4.78, 5) is 17.7. The number of rotatable bonds is 7. The first-order valence-corrected chi connectivity index (χ1v) is 7.16. The fourth-order valence-electron chi connectivity index (χ4n) is 1.24. The van der Waals surface area contributed by atoms with Crippen molar-refractivity contribution in [2.75, 3.05) is 12.4 Å². The van der Waals surface area contributed by atoms with Gasteiger partial charge in [-0.25, -0.2) is 5.48 Å². The molecule has 3 nitrogen and oxygen atoms in total. The highest BCUT2D eigenvalue weighted by Gasteiger charge is 2.02. The molecule has 0 saturated carbocycles. The van der Waals surface area contributed by atoms with Crippen LogP contribution in [0.3, 0.4) is 0 Å². The van der Waals surface area contributed by atoms with Gasteiger partial charge in [0, 0.05) is 17.1 Å². The van der Waals surface area contributed by atoms with E-state index in [0.717, 1.165) is 5.75 Å². The predicted octanol–water partition coefficient (Wildman–Crippen LogP) is 3.18. The third-order valence-corrected chi connectivity index (χ3v) is 3.24. The average molecular weight is 267 g/mol. The van der Waals surface area contributed by atoms with Crippen LogP contribution in [0.15, 0.2) is 29.2 Å². The summed E-state index contributed by atoms with van der Waals surface area (Å²) in [5.74, 6) is 1.13. The van der Waals surface area contributed by atoms with Gasteiger partial charge in [0.1, 0.15) is 0 Å². The zero-order valence-corrected chi connectivity index (χ0v) is 12.0. The summed E-state index contributed by atoms with van der Waals surface area (Å²) in [7, 11) is 0. The maximum absolute atomic E-state index is 11.4. The zero-order valence-electron chi connectivity index (χ0n) is 11.2. The summed E-state index contributed by atoms with van der Waals surface area (Å²) >= 11 is 1.68. The number of amides is 1. The minimum Gasteiger partial charge on any atom is -0.273 e. The molecule has 0 aromatic heterocycles. The van der Waals surface area contributed by atoms with E-state index in [-0.39, 0.29) is 5.91 Å². The first-order chi connectivity index (χ1) is 8.58. The van der Waals surface area contributed by atoms with E-state index < -0.39 is 0 Å². The maximum Gasteiger partial charge on any atom is 0.244 e. The number of hydroxylamine groups is 1. The van der Waals surface area contributed by atoms with Gasteiger partial charge in [-0.15, -0.1) is 11.8 Å². The molecule has 0 saturated heterocycles. The Bertz CT molecular complexity index is 363. The number of hydrogen-bond acceptors (Lipinski definition) is 3. The molecule has 1 rings (SSSR count). The third-order valence-electron chi connectivity index (χ3n) is 2.22. The minimum atomic E-state index is -0.0599. The topological polar surface area (TPSA) is 38.3 Å². The highest BCUT2D eigenvalue weighted by Crippen LogP contribution is 2.18. The van der Waals surface area contributed by atoms with Gasteiger partial charge in [-0.05, 0) is 25.0 Å². The molecule has 0 atom stereocenters. The van der Waals surface area contributed by atoms with Gasteiger partial charge in [0.2, 0.25) is 5.91 Å². The van der Waals surface area contributed by atoms with Gasteiger partial charge in [0.15, 0.2) is 0 Å². The van der Waals surface area contributed by atoms with Crippen molar-refractivity contribution >= 4 is 17.7 Å². The van der Waals surface area contributed by atoms with Crippen LogP contribution < -0.4 is 5.48 Å². The predicted molar refractivity (Wildman–Crippen MR) is 75.5 cm³/mol. The lowest BCUT2D eigenvalue weighted by Gasteiger charge is -2.07. The summed E-state index contributed by atoms with van der Waals surface area (Å²) in [5, 5.41) is 0. The van der Waals surface area contributed by atoms with Crippen molar-refractivity contribution in [2.24, 2.45) is 5.92 Å². The van der Waals surface area contributed by atoms with Crippen LogP contribution in [0.5, 0.6) is 0 Å². The fourth-order valence-corrected chi connectivity index (χ4v) is 2.09. The summed E-state index contributed by atoms with van der Waals surface area (Å²) in [6.07, 6.45) is 0.469. The molecule has 0 spiro atoms.